The van der Waals surface area contributed by atoms with Crippen LogP contribution in [0.15, 0.2) is 59.4 Å². The summed E-state index contributed by atoms with van der Waals surface area (Å²) in [4.78, 5) is 13.7. The number of benzene rings is 3. The minimum Gasteiger partial charge on any atom is -0.496 e. The summed E-state index contributed by atoms with van der Waals surface area (Å²) in [5.41, 5.74) is 7.63. The molecule has 5 nitrogen and oxygen atoms in total. The van der Waals surface area contributed by atoms with E-state index in [0.717, 1.165) is 39.2 Å². The Hall–Kier alpha value is -3.32. The molecule has 4 aromatic rings. The molecule has 0 N–H and O–H groups in total. The van der Waals surface area contributed by atoms with E-state index in [0.29, 0.717) is 10.8 Å². The van der Waals surface area contributed by atoms with Gasteiger partial charge in [0.05, 0.1) is 25.3 Å². The Balaban J connectivity index is 2.13. The average molecular weight is 571 g/mol. The lowest BCUT2D eigenvalue weighted by Gasteiger charge is -2.30. The minimum atomic E-state index is -1.59. The maximum Gasteiger partial charge on any atom is 0.208 e. The number of rotatable bonds is 6. The Morgan fingerprint density at radius 2 is 1.48 bits per heavy atom. The van der Waals surface area contributed by atoms with Crippen LogP contribution >= 0.6 is 0 Å². The minimum absolute atomic E-state index is 0.00192. The van der Waals surface area contributed by atoms with Crippen molar-refractivity contribution in [1.82, 2.24) is 4.57 Å². The molecule has 1 unspecified atom stereocenters. The van der Waals surface area contributed by atoms with Gasteiger partial charge in [-0.15, -0.1) is 5.54 Å². The molecule has 0 aliphatic heterocycles. The van der Waals surface area contributed by atoms with Crippen LogP contribution in [0.3, 0.4) is 0 Å². The normalized spacial score (nSPS) is 12.9. The molecule has 3 aromatic carbocycles. The Morgan fingerprint density at radius 3 is 2.02 bits per heavy atom. The number of hydrogen-bond donors (Lipinski definition) is 0. The van der Waals surface area contributed by atoms with Crippen LogP contribution in [0.5, 0.6) is 11.5 Å². The van der Waals surface area contributed by atoms with Gasteiger partial charge in [-0.3, -0.25) is 4.79 Å². The zero-order valence-electron chi connectivity index (χ0n) is 25.4. The summed E-state index contributed by atoms with van der Waals surface area (Å²) in [6.07, 6.45) is -0.520. The standard InChI is InChI=1S/C33H40NO4Si2/c1-33(2,3)30-28(36-4)20-23(21-29(30)37-5)32(38-39(6)7)34-26-14-12-11-13-24(26)31(35)25-16-15-22(19-27(25)34)17-18-40(8,9)10/h11-16,19-21,32H,1-10H3. The van der Waals surface area contributed by atoms with Crippen LogP contribution in [0.1, 0.15) is 43.7 Å². The highest BCUT2D eigenvalue weighted by Crippen LogP contribution is 2.42. The molecule has 0 amide bonds. The third-order valence-electron chi connectivity index (χ3n) is 6.64. The van der Waals surface area contributed by atoms with Crippen LogP contribution in [-0.2, 0) is 9.84 Å². The largest absolute Gasteiger partial charge is 0.496 e. The molecule has 209 valence electrons. The quantitative estimate of drug-likeness (QED) is 0.137. The summed E-state index contributed by atoms with van der Waals surface area (Å²) in [7, 11) is 0.589. The highest BCUT2D eigenvalue weighted by Gasteiger charge is 2.29. The zero-order chi connectivity index (χ0) is 29.4. The van der Waals surface area contributed by atoms with E-state index in [4.69, 9.17) is 13.9 Å². The number of pyridine rings is 1. The SMILES string of the molecule is COc1cc(C(O[Si](C)C)n2c3ccccc3c(=O)c3ccc(C#C[Si](C)(C)C)cc32)cc(OC)c1C(C)(C)C. The van der Waals surface area contributed by atoms with Crippen molar-refractivity contribution in [2.75, 3.05) is 14.2 Å². The summed E-state index contributed by atoms with van der Waals surface area (Å²) in [6.45, 7) is 17.3. The van der Waals surface area contributed by atoms with Crippen molar-refractivity contribution in [3.05, 3.63) is 81.5 Å². The van der Waals surface area contributed by atoms with E-state index in [1.165, 1.54) is 0 Å². The van der Waals surface area contributed by atoms with E-state index in [-0.39, 0.29) is 10.8 Å². The van der Waals surface area contributed by atoms with Crippen LogP contribution in [-0.4, -0.2) is 35.9 Å². The van der Waals surface area contributed by atoms with Crippen LogP contribution in [0.2, 0.25) is 32.7 Å². The molecular formula is C33H40NO4Si2. The second kappa shape index (κ2) is 11.3. The monoisotopic (exact) mass is 570 g/mol. The maximum atomic E-state index is 13.7. The van der Waals surface area contributed by atoms with Gasteiger partial charge >= 0.3 is 0 Å². The summed E-state index contributed by atoms with van der Waals surface area (Å²) >= 11 is 0. The number of hydrogen-bond acceptors (Lipinski definition) is 4. The molecule has 0 saturated carbocycles. The van der Waals surface area contributed by atoms with Crippen LogP contribution in [0, 0.1) is 11.5 Å². The summed E-state index contributed by atoms with van der Waals surface area (Å²) < 4.78 is 20.8. The number of methoxy groups -OCH3 is 2. The Bertz CT molecular complexity index is 1660. The molecule has 0 aliphatic carbocycles. The number of ether oxygens (including phenoxy) is 2. The third-order valence-corrected chi connectivity index (χ3v) is 8.21. The lowest BCUT2D eigenvalue weighted by atomic mass is 9.84. The maximum absolute atomic E-state index is 13.7. The van der Waals surface area contributed by atoms with Gasteiger partial charge in [0.25, 0.3) is 0 Å². The highest BCUT2D eigenvalue weighted by molar-refractivity contribution is 6.83. The fourth-order valence-electron chi connectivity index (χ4n) is 4.97. The van der Waals surface area contributed by atoms with E-state index in [9.17, 15) is 4.79 Å². The second-order valence-corrected chi connectivity index (χ2v) is 19.2. The highest BCUT2D eigenvalue weighted by atomic mass is 28.3. The van der Waals surface area contributed by atoms with Crippen molar-refractivity contribution in [3.8, 4) is 23.0 Å². The molecule has 40 heavy (non-hydrogen) atoms. The van der Waals surface area contributed by atoms with Gasteiger partial charge in [0, 0.05) is 27.5 Å². The van der Waals surface area contributed by atoms with Gasteiger partial charge in [0.2, 0.25) is 9.04 Å². The number of nitrogens with zero attached hydrogens (tertiary/aromatic N) is 1. The molecule has 1 radical (unpaired) electrons. The molecule has 1 atom stereocenters. The molecule has 1 aromatic heterocycles. The first-order chi connectivity index (χ1) is 18.7. The van der Waals surface area contributed by atoms with E-state index < -0.39 is 23.3 Å². The Kier molecular flexibility index (Phi) is 8.37. The number of para-hydroxylation sites is 1. The van der Waals surface area contributed by atoms with Crippen LogP contribution in [0.4, 0.5) is 0 Å². The second-order valence-electron chi connectivity index (χ2n) is 12.4. The predicted molar refractivity (Wildman–Crippen MR) is 171 cm³/mol. The molecule has 4 rings (SSSR count). The smallest absolute Gasteiger partial charge is 0.208 e. The average Bonchev–Trinajstić information content (AvgIpc) is 2.89. The predicted octanol–water partition coefficient (Wildman–Crippen LogP) is 7.51. The van der Waals surface area contributed by atoms with Gasteiger partial charge in [-0.25, -0.2) is 0 Å². The first kappa shape index (κ1) is 29.7. The topological polar surface area (TPSA) is 49.7 Å². The van der Waals surface area contributed by atoms with E-state index in [1.54, 1.807) is 14.2 Å². The third kappa shape index (κ3) is 6.04. The van der Waals surface area contributed by atoms with Gasteiger partial charge in [0.15, 0.2) is 11.7 Å². The fourth-order valence-corrected chi connectivity index (χ4v) is 6.18. The van der Waals surface area contributed by atoms with Crippen molar-refractivity contribution in [3.63, 3.8) is 0 Å². The van der Waals surface area contributed by atoms with Gasteiger partial charge in [0.1, 0.15) is 19.6 Å². The van der Waals surface area contributed by atoms with Crippen molar-refractivity contribution in [2.45, 2.75) is 65.1 Å². The Morgan fingerprint density at radius 1 is 0.875 bits per heavy atom. The molecule has 0 fully saturated rings. The van der Waals surface area contributed by atoms with Crippen LogP contribution < -0.4 is 14.9 Å². The number of aromatic nitrogens is 1. The molecule has 0 bridgehead atoms. The first-order valence-corrected chi connectivity index (χ1v) is 19.5. The van der Waals surface area contributed by atoms with E-state index >= 15 is 0 Å². The lowest BCUT2D eigenvalue weighted by Crippen LogP contribution is -2.24. The fraction of sp³-hybridized carbons (Fsp3) is 0.364. The Labute approximate surface area is 240 Å². The summed E-state index contributed by atoms with van der Waals surface area (Å²) in [5.74, 6) is 4.86. The van der Waals surface area contributed by atoms with Crippen molar-refractivity contribution in [1.29, 1.82) is 0 Å². The summed E-state index contributed by atoms with van der Waals surface area (Å²) in [5, 5.41) is 1.29. The first-order valence-electron chi connectivity index (χ1n) is 13.6. The van der Waals surface area contributed by atoms with Gasteiger partial charge < -0.3 is 18.5 Å². The van der Waals surface area contributed by atoms with Crippen molar-refractivity contribution in [2.24, 2.45) is 0 Å². The van der Waals surface area contributed by atoms with E-state index in [1.807, 2.05) is 54.6 Å². The van der Waals surface area contributed by atoms with Crippen LogP contribution in [0.25, 0.3) is 21.8 Å². The van der Waals surface area contributed by atoms with Crippen molar-refractivity contribution < 1.29 is 13.9 Å². The molecular weight excluding hydrogens is 531 g/mol. The van der Waals surface area contributed by atoms with E-state index in [2.05, 4.69) is 69.5 Å². The van der Waals surface area contributed by atoms with Crippen molar-refractivity contribution >= 4 is 38.9 Å². The summed E-state index contributed by atoms with van der Waals surface area (Å²) in [6, 6.07) is 17.7. The molecule has 1 heterocycles. The lowest BCUT2D eigenvalue weighted by molar-refractivity contribution is 0.184. The zero-order valence-corrected chi connectivity index (χ0v) is 27.4. The van der Waals surface area contributed by atoms with Gasteiger partial charge in [-0.1, -0.05) is 58.5 Å². The molecule has 0 spiro atoms. The van der Waals surface area contributed by atoms with Gasteiger partial charge in [-0.2, -0.15) is 0 Å². The molecule has 0 saturated heterocycles. The molecule has 7 heteroatoms. The number of fused-ring (bicyclic) bond motifs is 2. The molecule has 0 aliphatic rings. The van der Waals surface area contributed by atoms with Gasteiger partial charge in [-0.05, 0) is 61.0 Å².